The molecule has 0 N–H and O–H groups in total. The smallest absolute Gasteiger partial charge is 0.229 e. The molecule has 0 radical (unpaired) electrons. The van der Waals surface area contributed by atoms with Crippen molar-refractivity contribution in [2.75, 3.05) is 6.26 Å². The first kappa shape index (κ1) is 31.3. The van der Waals surface area contributed by atoms with Crippen LogP contribution in [0.25, 0.3) is 0 Å². The Labute approximate surface area is 244 Å². The van der Waals surface area contributed by atoms with Crippen LogP contribution in [0.2, 0.25) is 0 Å². The molecule has 0 bridgehead atoms. The Morgan fingerprint density at radius 2 is 1.93 bits per heavy atom. The summed E-state index contributed by atoms with van der Waals surface area (Å²) in [7, 11) is -3.51. The van der Waals surface area contributed by atoms with E-state index in [-0.39, 0.29) is 28.3 Å². The summed E-state index contributed by atoms with van der Waals surface area (Å²) in [6.07, 6.45) is 9.77. The van der Waals surface area contributed by atoms with Gasteiger partial charge < -0.3 is 4.52 Å². The third-order valence-electron chi connectivity index (χ3n) is 9.27. The predicted molar refractivity (Wildman–Crippen MR) is 162 cm³/mol. The average molecular weight is 585 g/mol. The summed E-state index contributed by atoms with van der Waals surface area (Å²) in [6, 6.07) is 3.95. The topological polar surface area (TPSA) is 97.8 Å². The van der Waals surface area contributed by atoms with Gasteiger partial charge in [0.25, 0.3) is 0 Å². The Balaban J connectivity index is 1.65. The molecule has 0 amide bonds. The minimum absolute atomic E-state index is 0.0481. The van der Waals surface area contributed by atoms with E-state index in [4.69, 9.17) is 14.5 Å². The van der Waals surface area contributed by atoms with Crippen LogP contribution in [0.3, 0.4) is 0 Å². The number of hydrogen-bond donors (Lipinski definition) is 0. The molecule has 2 heterocycles. The van der Waals surface area contributed by atoms with E-state index < -0.39 is 15.7 Å². The number of rotatable bonds is 8. The van der Waals surface area contributed by atoms with Gasteiger partial charge in [0.1, 0.15) is 5.82 Å². The van der Waals surface area contributed by atoms with Gasteiger partial charge in [-0.2, -0.15) is 4.98 Å². The molecular formula is C32H45FN4O3S. The van der Waals surface area contributed by atoms with Crippen molar-refractivity contribution in [1.82, 2.24) is 10.1 Å². The monoisotopic (exact) mass is 584 g/mol. The molecule has 1 saturated carbocycles. The fourth-order valence-electron chi connectivity index (χ4n) is 6.45. The van der Waals surface area contributed by atoms with E-state index in [1.165, 1.54) is 18.6 Å². The van der Waals surface area contributed by atoms with E-state index in [1.54, 1.807) is 0 Å². The first-order valence-electron chi connectivity index (χ1n) is 15.1. The highest BCUT2D eigenvalue weighted by atomic mass is 32.2. The molecule has 9 heteroatoms. The van der Waals surface area contributed by atoms with Crippen molar-refractivity contribution in [3.05, 3.63) is 47.0 Å². The number of aromatic nitrogens is 2. The summed E-state index contributed by atoms with van der Waals surface area (Å²) in [5.41, 5.74) is 2.97. The molecule has 7 nitrogen and oxygen atoms in total. The summed E-state index contributed by atoms with van der Waals surface area (Å²) >= 11 is 0. The summed E-state index contributed by atoms with van der Waals surface area (Å²) in [5, 5.41) is 4.16. The Morgan fingerprint density at radius 1 is 1.17 bits per heavy atom. The van der Waals surface area contributed by atoms with Crippen LogP contribution in [0.15, 0.2) is 48.9 Å². The number of hydrogen-bond acceptors (Lipinski definition) is 7. The third-order valence-corrected chi connectivity index (χ3v) is 10.4. The number of benzene rings is 1. The van der Waals surface area contributed by atoms with Crippen LogP contribution in [-0.2, 0) is 16.3 Å². The third kappa shape index (κ3) is 7.22. The molecule has 41 heavy (non-hydrogen) atoms. The van der Waals surface area contributed by atoms with Gasteiger partial charge in [-0.05, 0) is 80.6 Å². The van der Waals surface area contributed by atoms with Crippen LogP contribution in [0.1, 0.15) is 97.7 Å². The molecule has 6 atom stereocenters. The van der Waals surface area contributed by atoms with Gasteiger partial charge >= 0.3 is 0 Å². The van der Waals surface area contributed by atoms with E-state index in [1.807, 2.05) is 20.1 Å². The number of allylic oxidation sites excluding steroid dienone is 2. The van der Waals surface area contributed by atoms with Gasteiger partial charge in [-0.3, -0.25) is 4.99 Å². The molecular weight excluding hydrogens is 539 g/mol. The van der Waals surface area contributed by atoms with Gasteiger partial charge in [-0.25, -0.2) is 17.8 Å². The van der Waals surface area contributed by atoms with Crippen molar-refractivity contribution in [2.45, 2.75) is 97.3 Å². The molecule has 1 aliphatic heterocycles. The molecule has 0 spiro atoms. The van der Waals surface area contributed by atoms with Gasteiger partial charge in [0.2, 0.25) is 5.89 Å². The second-order valence-corrected chi connectivity index (χ2v) is 14.2. The van der Waals surface area contributed by atoms with E-state index in [9.17, 15) is 8.42 Å². The van der Waals surface area contributed by atoms with E-state index in [0.717, 1.165) is 79.5 Å². The second kappa shape index (κ2) is 13.1. The van der Waals surface area contributed by atoms with Crippen molar-refractivity contribution in [1.29, 1.82) is 0 Å². The lowest BCUT2D eigenvalue weighted by Gasteiger charge is -2.30. The lowest BCUT2D eigenvalue weighted by Crippen LogP contribution is -2.23. The fraction of sp³-hybridized carbons (Fsp3) is 0.625. The van der Waals surface area contributed by atoms with Gasteiger partial charge in [-0.15, -0.1) is 0 Å². The van der Waals surface area contributed by atoms with E-state index in [2.05, 4.69) is 37.8 Å². The number of aryl methyl sites for hydroxylation is 1. The maximum Gasteiger partial charge on any atom is 0.229 e. The van der Waals surface area contributed by atoms with Crippen LogP contribution >= 0.6 is 0 Å². The number of nitrogens with zero attached hydrogens (tertiary/aromatic N) is 4. The van der Waals surface area contributed by atoms with Crippen LogP contribution < -0.4 is 0 Å². The van der Waals surface area contributed by atoms with Gasteiger partial charge in [-0.1, -0.05) is 46.2 Å². The van der Waals surface area contributed by atoms with Crippen molar-refractivity contribution in [3.8, 4) is 0 Å². The summed E-state index contributed by atoms with van der Waals surface area (Å²) < 4.78 is 44.6. The van der Waals surface area contributed by atoms with Crippen LogP contribution in [0.4, 0.5) is 10.1 Å². The number of halogens is 1. The lowest BCUT2D eigenvalue weighted by atomic mass is 9.75. The van der Waals surface area contributed by atoms with Crippen LogP contribution in [-0.4, -0.2) is 36.7 Å². The maximum atomic E-state index is 15.1. The molecule has 1 aromatic heterocycles. The van der Waals surface area contributed by atoms with Crippen molar-refractivity contribution in [3.63, 3.8) is 0 Å². The Hall–Kier alpha value is -2.68. The second-order valence-electron chi connectivity index (χ2n) is 12.2. The van der Waals surface area contributed by atoms with Crippen LogP contribution in [0.5, 0.6) is 0 Å². The molecule has 0 saturated heterocycles. The zero-order valence-electron chi connectivity index (χ0n) is 25.5. The first-order chi connectivity index (χ1) is 19.4. The van der Waals surface area contributed by atoms with E-state index in [0.29, 0.717) is 17.8 Å². The summed E-state index contributed by atoms with van der Waals surface area (Å²) in [6.45, 7) is 13.1. The minimum atomic E-state index is -3.51. The van der Waals surface area contributed by atoms with Gasteiger partial charge in [0.15, 0.2) is 15.7 Å². The molecule has 1 aliphatic carbocycles. The molecule has 1 aromatic carbocycles. The Morgan fingerprint density at radius 3 is 2.56 bits per heavy atom. The minimum Gasteiger partial charge on any atom is -0.339 e. The van der Waals surface area contributed by atoms with Crippen molar-refractivity contribution < 1.29 is 17.3 Å². The first-order valence-corrected chi connectivity index (χ1v) is 17.0. The fourth-order valence-corrected chi connectivity index (χ4v) is 7.08. The highest BCUT2D eigenvalue weighted by Crippen LogP contribution is 2.43. The predicted octanol–water partition coefficient (Wildman–Crippen LogP) is 7.90. The zero-order chi connectivity index (χ0) is 29.9. The van der Waals surface area contributed by atoms with Gasteiger partial charge in [0, 0.05) is 48.1 Å². The molecule has 4 rings (SSSR count). The van der Waals surface area contributed by atoms with E-state index >= 15 is 4.39 Å². The Kier molecular flexibility index (Phi) is 9.98. The normalized spacial score (nSPS) is 26.6. The Bertz CT molecular complexity index is 1430. The number of sulfone groups is 1. The molecule has 1 fully saturated rings. The highest BCUT2D eigenvalue weighted by Gasteiger charge is 2.35. The quantitative estimate of drug-likeness (QED) is 0.294. The average Bonchev–Trinajstić information content (AvgIpc) is 3.26. The van der Waals surface area contributed by atoms with Crippen molar-refractivity contribution in [2.24, 2.45) is 39.6 Å². The zero-order valence-corrected chi connectivity index (χ0v) is 26.3. The number of aliphatic imine (C=N–C) groups is 2. The molecule has 6 unspecified atom stereocenters. The maximum absolute atomic E-state index is 15.1. The van der Waals surface area contributed by atoms with Crippen LogP contribution in [0, 0.1) is 35.4 Å². The lowest BCUT2D eigenvalue weighted by molar-refractivity contribution is 0.237. The molecule has 2 aliphatic rings. The standard InChI is InChI=1S/C32H45FN4O3S/c1-8-23-14-15-34-30(22(6)31(23)35-28-13-12-26(18-27(28)33)41(7,38)39)21(5)20(4)24-11-10-19(3)16-25(17-24)32-36-29(9-2)37-40-32/h12-13,15,18-21,23-25H,8-11,14,16-17H2,1-7H3. The molecule has 2 aromatic rings. The SMILES string of the molecule is CCc1noc(C2CC(C)CCC(C(C)C(C)C3=C(C)C(=Nc4ccc(S(C)(=O)=O)cc4F)C(CC)CC=N3)C2)n1. The summed E-state index contributed by atoms with van der Waals surface area (Å²) in [5.74, 6) is 2.83. The largest absolute Gasteiger partial charge is 0.339 e. The highest BCUT2D eigenvalue weighted by molar-refractivity contribution is 7.90. The van der Waals surface area contributed by atoms with Gasteiger partial charge in [0.05, 0.1) is 10.6 Å². The summed E-state index contributed by atoms with van der Waals surface area (Å²) in [4.78, 5) is 14.4. The van der Waals surface area contributed by atoms with Crippen molar-refractivity contribution >= 4 is 27.5 Å². The molecule has 224 valence electrons.